The van der Waals surface area contributed by atoms with Crippen molar-refractivity contribution in [2.75, 3.05) is 0 Å². The van der Waals surface area contributed by atoms with E-state index >= 15 is 0 Å². The lowest BCUT2D eigenvalue weighted by Gasteiger charge is -2.19. The quantitative estimate of drug-likeness (QED) is 0.368. The topological polar surface area (TPSA) is 51.5 Å². The van der Waals surface area contributed by atoms with Crippen molar-refractivity contribution >= 4 is 5.91 Å². The number of hydrogen-bond acceptors (Lipinski definition) is 3. The van der Waals surface area contributed by atoms with Crippen molar-refractivity contribution in [2.45, 2.75) is 78.4 Å². The number of amides is 1. The van der Waals surface area contributed by atoms with E-state index in [0.717, 1.165) is 24.2 Å². The lowest BCUT2D eigenvalue weighted by atomic mass is 9.87. The summed E-state index contributed by atoms with van der Waals surface area (Å²) in [4.78, 5) is 12.8. The van der Waals surface area contributed by atoms with Gasteiger partial charge >= 0.3 is 0 Å². The summed E-state index contributed by atoms with van der Waals surface area (Å²) in [5.74, 6) is 2.01. The summed E-state index contributed by atoms with van der Waals surface area (Å²) in [7, 11) is 0. The minimum atomic E-state index is -0.214. The molecule has 0 saturated heterocycles. The van der Waals surface area contributed by atoms with E-state index in [-0.39, 0.29) is 24.0 Å². The molecule has 0 radical (unpaired) electrons. The number of carbonyl (C=O) groups excluding carboxylic acids is 1. The third-order valence-electron chi connectivity index (χ3n) is 6.22. The zero-order valence-electron chi connectivity index (χ0n) is 20.8. The monoisotopic (exact) mass is 447 g/mol. The number of benzene rings is 2. The van der Waals surface area contributed by atoms with E-state index in [0.29, 0.717) is 17.4 Å². The van der Waals surface area contributed by atoms with Gasteiger partial charge in [0.25, 0.3) is 5.91 Å². The molecule has 0 fully saturated rings. The van der Waals surface area contributed by atoms with Gasteiger partial charge in [-0.2, -0.15) is 0 Å². The van der Waals surface area contributed by atoms with E-state index < -0.39 is 0 Å². The van der Waals surface area contributed by atoms with Gasteiger partial charge in [-0.15, -0.1) is 0 Å². The molecule has 33 heavy (non-hydrogen) atoms. The van der Waals surface area contributed by atoms with E-state index in [9.17, 15) is 4.79 Å². The van der Waals surface area contributed by atoms with Crippen LogP contribution in [0.15, 0.2) is 65.1 Å². The molecule has 4 nitrogen and oxygen atoms in total. The number of nitrogens with one attached hydrogen (secondary N) is 1. The molecule has 1 N–H and O–H groups in total. The Balaban J connectivity index is 1.58. The van der Waals surface area contributed by atoms with Crippen molar-refractivity contribution in [3.05, 3.63) is 88.9 Å². The fraction of sp³-hybridized carbons (Fsp3) is 0.414. The molecular formula is C29H37NO3. The second kappa shape index (κ2) is 10.7. The number of carbonyl (C=O) groups is 1. The Morgan fingerprint density at radius 2 is 1.55 bits per heavy atom. The van der Waals surface area contributed by atoms with Crippen molar-refractivity contribution in [2.24, 2.45) is 0 Å². The van der Waals surface area contributed by atoms with Crippen molar-refractivity contribution in [3.8, 4) is 5.75 Å². The molecule has 1 aromatic heterocycles. The zero-order chi connectivity index (χ0) is 24.0. The largest absolute Gasteiger partial charge is 0.486 e. The number of hydrogen-bond donors (Lipinski definition) is 1. The summed E-state index contributed by atoms with van der Waals surface area (Å²) in [5, 5.41) is 3.10. The lowest BCUT2D eigenvalue weighted by Crippen LogP contribution is -2.27. The SMILES string of the molecule is CCC(C)c1ccc(C(CC)NC(=O)c2ccc(COc3ccc(C(C)(C)C)cc3)o2)cc1. The molecule has 0 aliphatic heterocycles. The van der Waals surface area contributed by atoms with Crippen LogP contribution in [0, 0.1) is 0 Å². The van der Waals surface area contributed by atoms with Crippen LogP contribution in [0.4, 0.5) is 0 Å². The highest BCUT2D eigenvalue weighted by molar-refractivity contribution is 5.91. The Morgan fingerprint density at radius 3 is 2.12 bits per heavy atom. The van der Waals surface area contributed by atoms with E-state index in [2.05, 4.69) is 83.3 Å². The van der Waals surface area contributed by atoms with Gasteiger partial charge in [0.2, 0.25) is 0 Å². The maximum atomic E-state index is 12.8. The van der Waals surface area contributed by atoms with Gasteiger partial charge in [0, 0.05) is 0 Å². The molecule has 0 bridgehead atoms. The van der Waals surface area contributed by atoms with Crippen molar-refractivity contribution in [3.63, 3.8) is 0 Å². The second-order valence-electron chi connectivity index (χ2n) is 9.74. The van der Waals surface area contributed by atoms with Crippen LogP contribution in [-0.4, -0.2) is 5.91 Å². The van der Waals surface area contributed by atoms with Crippen molar-refractivity contribution in [1.82, 2.24) is 5.32 Å². The highest BCUT2D eigenvalue weighted by atomic mass is 16.5. The molecule has 0 aliphatic rings. The standard InChI is InChI=1S/C29H37NO3/c1-7-20(3)21-9-11-22(12-10-21)26(8-2)30-28(31)27-18-17-25(33-27)19-32-24-15-13-23(14-16-24)29(4,5)6/h9-18,20,26H,7-8,19H2,1-6H3,(H,30,31). The van der Waals surface area contributed by atoms with Crippen LogP contribution in [0.3, 0.4) is 0 Å². The van der Waals surface area contributed by atoms with E-state index in [1.54, 1.807) is 12.1 Å². The molecule has 3 aromatic rings. The molecule has 2 atom stereocenters. The number of rotatable bonds is 9. The van der Waals surface area contributed by atoms with Gasteiger partial charge < -0.3 is 14.5 Å². The van der Waals surface area contributed by atoms with Gasteiger partial charge in [0.15, 0.2) is 5.76 Å². The Labute approximate surface area is 198 Å². The van der Waals surface area contributed by atoms with Gasteiger partial charge in [0.05, 0.1) is 6.04 Å². The van der Waals surface area contributed by atoms with E-state index in [1.165, 1.54) is 11.1 Å². The summed E-state index contributed by atoms with van der Waals surface area (Å²) in [5.41, 5.74) is 3.79. The lowest BCUT2D eigenvalue weighted by molar-refractivity contribution is 0.0903. The summed E-state index contributed by atoms with van der Waals surface area (Å²) in [6.45, 7) is 13.3. The van der Waals surface area contributed by atoms with Crippen LogP contribution in [0.5, 0.6) is 5.75 Å². The van der Waals surface area contributed by atoms with Gasteiger partial charge in [-0.1, -0.05) is 77.9 Å². The fourth-order valence-electron chi connectivity index (χ4n) is 3.73. The Bertz CT molecular complexity index is 1030. The maximum absolute atomic E-state index is 12.8. The van der Waals surface area contributed by atoms with Crippen molar-refractivity contribution < 1.29 is 13.9 Å². The minimum Gasteiger partial charge on any atom is -0.486 e. The molecule has 176 valence electrons. The van der Waals surface area contributed by atoms with Crippen LogP contribution in [0.2, 0.25) is 0 Å². The molecule has 0 spiro atoms. The molecule has 2 aromatic carbocycles. The van der Waals surface area contributed by atoms with Crippen LogP contribution < -0.4 is 10.1 Å². The second-order valence-corrected chi connectivity index (χ2v) is 9.74. The Morgan fingerprint density at radius 1 is 0.909 bits per heavy atom. The third kappa shape index (κ3) is 6.50. The number of ether oxygens (including phenoxy) is 1. The summed E-state index contributed by atoms with van der Waals surface area (Å²) < 4.78 is 11.6. The Kier molecular flexibility index (Phi) is 8.01. The first-order chi connectivity index (χ1) is 15.7. The van der Waals surface area contributed by atoms with Crippen LogP contribution in [0.1, 0.15) is 99.3 Å². The molecule has 1 amide bonds. The summed E-state index contributed by atoms with van der Waals surface area (Å²) >= 11 is 0. The zero-order valence-corrected chi connectivity index (χ0v) is 20.8. The third-order valence-corrected chi connectivity index (χ3v) is 6.22. The number of furan rings is 1. The van der Waals surface area contributed by atoms with Gasteiger partial charge in [-0.05, 0) is 65.1 Å². The molecule has 0 saturated carbocycles. The van der Waals surface area contributed by atoms with Crippen LogP contribution in [-0.2, 0) is 12.0 Å². The smallest absolute Gasteiger partial charge is 0.287 e. The average Bonchev–Trinajstić information content (AvgIpc) is 3.29. The predicted molar refractivity (Wildman–Crippen MR) is 134 cm³/mol. The maximum Gasteiger partial charge on any atom is 0.287 e. The predicted octanol–water partition coefficient (Wildman–Crippen LogP) is 7.55. The van der Waals surface area contributed by atoms with E-state index in [1.807, 2.05) is 12.1 Å². The molecule has 3 rings (SSSR count). The molecular weight excluding hydrogens is 410 g/mol. The highest BCUT2D eigenvalue weighted by Gasteiger charge is 2.18. The Hall–Kier alpha value is -3.01. The van der Waals surface area contributed by atoms with Gasteiger partial charge in [-0.3, -0.25) is 4.79 Å². The first-order valence-electron chi connectivity index (χ1n) is 11.9. The normalized spacial score (nSPS) is 13.4. The summed E-state index contributed by atoms with van der Waals surface area (Å²) in [6.07, 6.45) is 1.91. The fourth-order valence-corrected chi connectivity index (χ4v) is 3.73. The summed E-state index contributed by atoms with van der Waals surface area (Å²) in [6, 6.07) is 20.1. The van der Waals surface area contributed by atoms with Gasteiger partial charge in [-0.25, -0.2) is 0 Å². The van der Waals surface area contributed by atoms with E-state index in [4.69, 9.17) is 9.15 Å². The van der Waals surface area contributed by atoms with Crippen LogP contribution in [0.25, 0.3) is 0 Å². The molecule has 1 heterocycles. The molecule has 0 aliphatic carbocycles. The highest BCUT2D eigenvalue weighted by Crippen LogP contribution is 2.25. The van der Waals surface area contributed by atoms with Gasteiger partial charge in [0.1, 0.15) is 18.1 Å². The molecule has 4 heteroatoms. The van der Waals surface area contributed by atoms with Crippen LogP contribution >= 0.6 is 0 Å². The minimum absolute atomic E-state index is 0.0605. The first kappa shape index (κ1) is 24.6. The van der Waals surface area contributed by atoms with Crippen molar-refractivity contribution in [1.29, 1.82) is 0 Å². The first-order valence-corrected chi connectivity index (χ1v) is 11.9. The molecule has 2 unspecified atom stereocenters. The average molecular weight is 448 g/mol.